The van der Waals surface area contributed by atoms with Gasteiger partial charge in [0.05, 0.1) is 16.9 Å². The third-order valence-electron chi connectivity index (χ3n) is 2.53. The highest BCUT2D eigenvalue weighted by Crippen LogP contribution is 2.15. The molecule has 90 valence electrons. The average Bonchev–Trinajstić information content (AvgIpc) is 2.69. The molecule has 0 saturated heterocycles. The number of anilines is 1. The first kappa shape index (κ1) is 11.9. The highest BCUT2D eigenvalue weighted by atomic mass is 16.2. The predicted molar refractivity (Wildman–Crippen MR) is 67.1 cm³/mol. The smallest absolute Gasteiger partial charge is 0.273 e. The van der Waals surface area contributed by atoms with Crippen molar-refractivity contribution in [1.29, 1.82) is 5.26 Å². The second-order valence-corrected chi connectivity index (χ2v) is 3.91. The van der Waals surface area contributed by atoms with Crippen molar-refractivity contribution in [3.05, 3.63) is 47.3 Å². The number of rotatable bonds is 2. The SMILES string of the molecule is Cc1cc(C(=O)Nc2ccccc2C#N)n(C)n1. The second-order valence-electron chi connectivity index (χ2n) is 3.91. The Morgan fingerprint density at radius 1 is 1.44 bits per heavy atom. The molecule has 2 aromatic rings. The largest absolute Gasteiger partial charge is 0.319 e. The van der Waals surface area contributed by atoms with Gasteiger partial charge in [-0.1, -0.05) is 12.1 Å². The van der Waals surface area contributed by atoms with Gasteiger partial charge in [0.2, 0.25) is 0 Å². The number of nitrogens with one attached hydrogen (secondary N) is 1. The van der Waals surface area contributed by atoms with E-state index in [0.717, 1.165) is 5.69 Å². The molecule has 1 aromatic carbocycles. The first-order valence-electron chi connectivity index (χ1n) is 5.43. The topological polar surface area (TPSA) is 70.7 Å². The summed E-state index contributed by atoms with van der Waals surface area (Å²) < 4.78 is 1.51. The van der Waals surface area contributed by atoms with Crippen molar-refractivity contribution in [3.63, 3.8) is 0 Å². The Morgan fingerprint density at radius 3 is 2.78 bits per heavy atom. The van der Waals surface area contributed by atoms with E-state index in [1.54, 1.807) is 37.4 Å². The molecule has 1 N–H and O–H groups in total. The molecule has 0 atom stereocenters. The van der Waals surface area contributed by atoms with Crippen molar-refractivity contribution in [2.45, 2.75) is 6.92 Å². The van der Waals surface area contributed by atoms with E-state index in [1.807, 2.05) is 13.0 Å². The van der Waals surface area contributed by atoms with Crippen molar-refractivity contribution < 1.29 is 4.79 Å². The zero-order chi connectivity index (χ0) is 13.1. The van der Waals surface area contributed by atoms with Crippen LogP contribution in [-0.2, 0) is 7.05 Å². The molecule has 1 heterocycles. The maximum Gasteiger partial charge on any atom is 0.273 e. The highest BCUT2D eigenvalue weighted by Gasteiger charge is 2.13. The Bertz CT molecular complexity index is 637. The van der Waals surface area contributed by atoms with Crippen LogP contribution in [0.3, 0.4) is 0 Å². The molecule has 0 bridgehead atoms. The summed E-state index contributed by atoms with van der Waals surface area (Å²) >= 11 is 0. The second kappa shape index (κ2) is 4.72. The molecule has 5 heteroatoms. The van der Waals surface area contributed by atoms with Gasteiger partial charge in [0.25, 0.3) is 5.91 Å². The molecule has 5 nitrogen and oxygen atoms in total. The van der Waals surface area contributed by atoms with Crippen LogP contribution in [0.25, 0.3) is 0 Å². The van der Waals surface area contributed by atoms with Crippen molar-refractivity contribution in [2.24, 2.45) is 7.05 Å². The van der Waals surface area contributed by atoms with E-state index >= 15 is 0 Å². The number of nitrogens with zero attached hydrogens (tertiary/aromatic N) is 3. The molecule has 0 fully saturated rings. The summed E-state index contributed by atoms with van der Waals surface area (Å²) in [6.45, 7) is 1.82. The number of nitriles is 1. The molecule has 1 aromatic heterocycles. The third-order valence-corrected chi connectivity index (χ3v) is 2.53. The molecule has 0 unspecified atom stereocenters. The van der Waals surface area contributed by atoms with Gasteiger partial charge >= 0.3 is 0 Å². The number of benzene rings is 1. The minimum absolute atomic E-state index is 0.277. The summed E-state index contributed by atoms with van der Waals surface area (Å²) in [6, 6.07) is 10.6. The van der Waals surface area contributed by atoms with E-state index in [2.05, 4.69) is 10.4 Å². The molecular weight excluding hydrogens is 228 g/mol. The van der Waals surface area contributed by atoms with E-state index in [-0.39, 0.29) is 5.91 Å². The van der Waals surface area contributed by atoms with E-state index in [4.69, 9.17) is 5.26 Å². The molecule has 0 aliphatic rings. The fraction of sp³-hybridized carbons (Fsp3) is 0.154. The lowest BCUT2D eigenvalue weighted by Crippen LogP contribution is -2.16. The van der Waals surface area contributed by atoms with E-state index < -0.39 is 0 Å². The van der Waals surface area contributed by atoms with Gasteiger partial charge in [-0.25, -0.2) is 0 Å². The quantitative estimate of drug-likeness (QED) is 0.870. The summed E-state index contributed by atoms with van der Waals surface area (Å²) in [5, 5.41) is 15.8. The van der Waals surface area contributed by atoms with E-state index in [9.17, 15) is 4.79 Å². The van der Waals surface area contributed by atoms with Gasteiger partial charge in [-0.05, 0) is 25.1 Å². The molecule has 0 saturated carbocycles. The number of carbonyl (C=O) groups excluding carboxylic acids is 1. The first-order chi connectivity index (χ1) is 8.61. The minimum atomic E-state index is -0.277. The number of aryl methyl sites for hydroxylation is 2. The minimum Gasteiger partial charge on any atom is -0.319 e. The number of carbonyl (C=O) groups is 1. The normalized spacial score (nSPS) is 9.83. The Balaban J connectivity index is 2.27. The summed E-state index contributed by atoms with van der Waals surface area (Å²) in [4.78, 5) is 12.0. The monoisotopic (exact) mass is 240 g/mol. The Hall–Kier alpha value is -2.61. The zero-order valence-electron chi connectivity index (χ0n) is 10.1. The van der Waals surface area contributed by atoms with Crippen LogP contribution in [0.1, 0.15) is 21.7 Å². The summed E-state index contributed by atoms with van der Waals surface area (Å²) in [5.41, 5.74) is 2.17. The fourth-order valence-electron chi connectivity index (χ4n) is 1.70. The van der Waals surface area contributed by atoms with Crippen molar-refractivity contribution in [3.8, 4) is 6.07 Å². The van der Waals surface area contributed by atoms with Gasteiger partial charge in [0.15, 0.2) is 0 Å². The summed E-state index contributed by atoms with van der Waals surface area (Å²) in [5.74, 6) is -0.277. The van der Waals surface area contributed by atoms with Crippen LogP contribution in [-0.4, -0.2) is 15.7 Å². The molecule has 2 rings (SSSR count). The first-order valence-corrected chi connectivity index (χ1v) is 5.43. The van der Waals surface area contributed by atoms with E-state index in [1.165, 1.54) is 4.68 Å². The Kier molecular flexibility index (Phi) is 3.11. The van der Waals surface area contributed by atoms with Gasteiger partial charge in [-0.3, -0.25) is 9.48 Å². The van der Waals surface area contributed by atoms with Crippen LogP contribution in [0.15, 0.2) is 30.3 Å². The molecule has 0 aliphatic heterocycles. The lowest BCUT2D eigenvalue weighted by molar-refractivity contribution is 0.101. The number of para-hydroxylation sites is 1. The fourth-order valence-corrected chi connectivity index (χ4v) is 1.70. The zero-order valence-corrected chi connectivity index (χ0v) is 10.1. The van der Waals surface area contributed by atoms with Gasteiger partial charge in [0, 0.05) is 7.05 Å². The van der Waals surface area contributed by atoms with Crippen molar-refractivity contribution >= 4 is 11.6 Å². The van der Waals surface area contributed by atoms with E-state index in [0.29, 0.717) is 16.9 Å². The summed E-state index contributed by atoms with van der Waals surface area (Å²) in [7, 11) is 1.71. The number of hydrogen-bond acceptors (Lipinski definition) is 3. The molecular formula is C13H12N4O. The van der Waals surface area contributed by atoms with Crippen LogP contribution >= 0.6 is 0 Å². The van der Waals surface area contributed by atoms with Crippen molar-refractivity contribution in [1.82, 2.24) is 9.78 Å². The average molecular weight is 240 g/mol. The maximum absolute atomic E-state index is 12.0. The summed E-state index contributed by atoms with van der Waals surface area (Å²) in [6.07, 6.45) is 0. The van der Waals surface area contributed by atoms with Crippen LogP contribution in [0.5, 0.6) is 0 Å². The van der Waals surface area contributed by atoms with Gasteiger partial charge in [-0.15, -0.1) is 0 Å². The number of amides is 1. The Labute approximate surface area is 105 Å². The van der Waals surface area contributed by atoms with Crippen LogP contribution in [0, 0.1) is 18.3 Å². The maximum atomic E-state index is 12.0. The lowest BCUT2D eigenvalue weighted by Gasteiger charge is -2.06. The molecule has 0 spiro atoms. The highest BCUT2D eigenvalue weighted by molar-refractivity contribution is 6.03. The molecule has 18 heavy (non-hydrogen) atoms. The van der Waals surface area contributed by atoms with Crippen molar-refractivity contribution in [2.75, 3.05) is 5.32 Å². The van der Waals surface area contributed by atoms with Gasteiger partial charge in [-0.2, -0.15) is 10.4 Å². The molecule has 0 radical (unpaired) electrons. The lowest BCUT2D eigenvalue weighted by atomic mass is 10.2. The predicted octanol–water partition coefficient (Wildman–Crippen LogP) is 1.85. The molecule has 0 aliphatic carbocycles. The third kappa shape index (κ3) is 2.23. The standard InChI is InChI=1S/C13H12N4O/c1-9-7-12(17(2)16-9)13(18)15-11-6-4-3-5-10(11)8-14/h3-7H,1-2H3,(H,15,18). The van der Waals surface area contributed by atoms with Gasteiger partial charge in [0.1, 0.15) is 11.8 Å². The van der Waals surface area contributed by atoms with Crippen LogP contribution in [0.2, 0.25) is 0 Å². The van der Waals surface area contributed by atoms with Crippen LogP contribution in [0.4, 0.5) is 5.69 Å². The number of hydrogen-bond donors (Lipinski definition) is 1. The van der Waals surface area contributed by atoms with Gasteiger partial charge < -0.3 is 5.32 Å². The van der Waals surface area contributed by atoms with Crippen LogP contribution < -0.4 is 5.32 Å². The molecule has 1 amide bonds. The number of aromatic nitrogens is 2. The Morgan fingerprint density at radius 2 is 2.17 bits per heavy atom.